The van der Waals surface area contributed by atoms with Gasteiger partial charge in [0.05, 0.1) is 6.61 Å². The lowest BCUT2D eigenvalue weighted by Gasteiger charge is -2.05. The van der Waals surface area contributed by atoms with Gasteiger partial charge in [-0.05, 0) is 36.3 Å². The van der Waals surface area contributed by atoms with E-state index < -0.39 is 0 Å². The van der Waals surface area contributed by atoms with E-state index in [1.54, 1.807) is 7.11 Å². The Labute approximate surface area is 89.7 Å². The van der Waals surface area contributed by atoms with Gasteiger partial charge in [-0.3, -0.25) is 0 Å². The standard InChI is InChI=1S/C6H13NO.CH3ClS.CH4O/c1-8-5-6-3-2-4-7-6;1-3-2;1-2/h6-7H,2-5H2,1H3;1H3;2H,1H3. The van der Waals surface area contributed by atoms with Crippen molar-refractivity contribution in [3.63, 3.8) is 0 Å². The van der Waals surface area contributed by atoms with Crippen molar-refractivity contribution in [2.75, 3.05) is 33.6 Å². The number of hydrogen-bond donors (Lipinski definition) is 2. The van der Waals surface area contributed by atoms with Crippen molar-refractivity contribution in [1.82, 2.24) is 5.32 Å². The summed E-state index contributed by atoms with van der Waals surface area (Å²) in [5.74, 6) is 0. The van der Waals surface area contributed by atoms with Gasteiger partial charge in [-0.2, -0.15) is 0 Å². The first-order valence-electron chi connectivity index (χ1n) is 4.17. The molecule has 0 aliphatic carbocycles. The first kappa shape index (κ1) is 16.0. The van der Waals surface area contributed by atoms with Gasteiger partial charge in [-0.1, -0.05) is 11.0 Å². The zero-order valence-electron chi connectivity index (χ0n) is 8.55. The maximum Gasteiger partial charge on any atom is 0.0615 e. The van der Waals surface area contributed by atoms with Crippen LogP contribution in [0, 0.1) is 0 Å². The Kier molecular flexibility index (Phi) is 18.4. The van der Waals surface area contributed by atoms with Crippen molar-refractivity contribution in [2.45, 2.75) is 18.9 Å². The van der Waals surface area contributed by atoms with E-state index in [1.807, 2.05) is 6.26 Å². The summed E-state index contributed by atoms with van der Waals surface area (Å²) >= 11 is 0. The fraction of sp³-hybridized carbons (Fsp3) is 1.00. The van der Waals surface area contributed by atoms with Crippen LogP contribution in [0.3, 0.4) is 0 Å². The Morgan fingerprint density at radius 1 is 1.62 bits per heavy atom. The molecule has 0 aromatic rings. The minimum atomic E-state index is 0.639. The molecule has 1 saturated heterocycles. The Morgan fingerprint density at radius 2 is 2.15 bits per heavy atom. The van der Waals surface area contributed by atoms with Crippen molar-refractivity contribution in [3.8, 4) is 0 Å². The van der Waals surface area contributed by atoms with Gasteiger partial charge in [-0.15, -0.1) is 0 Å². The van der Waals surface area contributed by atoms with Gasteiger partial charge in [0.25, 0.3) is 0 Å². The van der Waals surface area contributed by atoms with E-state index in [4.69, 9.17) is 20.5 Å². The third kappa shape index (κ3) is 12.5. The molecule has 2 N–H and O–H groups in total. The molecule has 1 rings (SSSR count). The Bertz CT molecular complexity index is 82.5. The lowest BCUT2D eigenvalue weighted by atomic mass is 10.2. The van der Waals surface area contributed by atoms with Gasteiger partial charge >= 0.3 is 0 Å². The molecule has 0 bridgehead atoms. The molecule has 0 radical (unpaired) electrons. The lowest BCUT2D eigenvalue weighted by molar-refractivity contribution is 0.173. The number of aliphatic hydroxyl groups is 1. The van der Waals surface area contributed by atoms with Crippen molar-refractivity contribution in [2.24, 2.45) is 0 Å². The molecule has 5 heteroatoms. The molecule has 1 aliphatic heterocycles. The van der Waals surface area contributed by atoms with E-state index in [1.165, 1.54) is 30.4 Å². The quantitative estimate of drug-likeness (QED) is 0.753. The highest BCUT2D eigenvalue weighted by atomic mass is 35.7. The van der Waals surface area contributed by atoms with Crippen LogP contribution >= 0.6 is 21.7 Å². The maximum absolute atomic E-state index is 7.00. The molecule has 82 valence electrons. The van der Waals surface area contributed by atoms with Crippen LogP contribution in [-0.4, -0.2) is 44.8 Å². The fourth-order valence-corrected chi connectivity index (χ4v) is 1.10. The molecule has 13 heavy (non-hydrogen) atoms. The average Bonchev–Trinajstić information content (AvgIpc) is 2.63. The van der Waals surface area contributed by atoms with Crippen LogP contribution in [0.5, 0.6) is 0 Å². The molecule has 0 aromatic heterocycles. The topological polar surface area (TPSA) is 41.5 Å². The summed E-state index contributed by atoms with van der Waals surface area (Å²) in [5, 5.41) is 10.3. The number of methoxy groups -OCH3 is 1. The maximum atomic E-state index is 7.00. The van der Waals surface area contributed by atoms with Crippen LogP contribution in [-0.2, 0) is 4.74 Å². The molecular weight excluding hydrogens is 210 g/mol. The molecule has 1 unspecified atom stereocenters. The van der Waals surface area contributed by atoms with E-state index in [2.05, 4.69) is 5.32 Å². The number of aliphatic hydroxyl groups excluding tert-OH is 1. The van der Waals surface area contributed by atoms with Gasteiger partial charge in [0.2, 0.25) is 0 Å². The second-order valence-corrected chi connectivity index (χ2v) is 3.64. The highest BCUT2D eigenvalue weighted by Crippen LogP contribution is 2.03. The van der Waals surface area contributed by atoms with Crippen molar-refractivity contribution in [3.05, 3.63) is 0 Å². The molecule has 0 saturated carbocycles. The van der Waals surface area contributed by atoms with Gasteiger partial charge < -0.3 is 15.2 Å². The van der Waals surface area contributed by atoms with E-state index >= 15 is 0 Å². The van der Waals surface area contributed by atoms with E-state index in [9.17, 15) is 0 Å². The highest BCUT2D eigenvalue weighted by molar-refractivity contribution is 8.20. The number of ether oxygens (including phenoxy) is 1. The smallest absolute Gasteiger partial charge is 0.0615 e. The SMILES string of the molecule is CO.COCC1CCCN1.CSCl. The first-order valence-corrected chi connectivity index (χ1v) is 6.22. The molecule has 1 heterocycles. The van der Waals surface area contributed by atoms with Gasteiger partial charge in [0, 0.05) is 20.3 Å². The zero-order valence-corrected chi connectivity index (χ0v) is 10.1. The third-order valence-electron chi connectivity index (χ3n) is 1.53. The third-order valence-corrected chi connectivity index (χ3v) is 1.53. The summed E-state index contributed by atoms with van der Waals surface area (Å²) in [4.78, 5) is 0. The van der Waals surface area contributed by atoms with Crippen LogP contribution in [0.1, 0.15) is 12.8 Å². The van der Waals surface area contributed by atoms with E-state index in [0.29, 0.717) is 6.04 Å². The molecule has 1 aliphatic rings. The molecule has 1 fully saturated rings. The van der Waals surface area contributed by atoms with Crippen LogP contribution in [0.2, 0.25) is 0 Å². The number of nitrogens with one attached hydrogen (secondary N) is 1. The van der Waals surface area contributed by atoms with E-state index in [0.717, 1.165) is 13.7 Å². The fourth-order valence-electron chi connectivity index (χ4n) is 1.10. The molecule has 0 aromatic carbocycles. The zero-order chi connectivity index (χ0) is 10.5. The predicted octanol–water partition coefficient (Wildman–Crippen LogP) is 1.50. The van der Waals surface area contributed by atoms with Crippen LogP contribution in [0.25, 0.3) is 0 Å². The van der Waals surface area contributed by atoms with Crippen molar-refractivity contribution >= 4 is 21.7 Å². The number of halogens is 1. The minimum Gasteiger partial charge on any atom is -0.400 e. The normalized spacial score (nSPS) is 19.6. The Balaban J connectivity index is 0. The lowest BCUT2D eigenvalue weighted by Crippen LogP contribution is -2.25. The van der Waals surface area contributed by atoms with Gasteiger partial charge in [0.15, 0.2) is 0 Å². The molecule has 0 amide bonds. The summed E-state index contributed by atoms with van der Waals surface area (Å²) in [6.07, 6.45) is 4.41. The number of hydrogen-bond acceptors (Lipinski definition) is 4. The molecular formula is C8H20ClNO2S. The largest absolute Gasteiger partial charge is 0.400 e. The monoisotopic (exact) mass is 229 g/mol. The Morgan fingerprint density at radius 3 is 2.46 bits per heavy atom. The second kappa shape index (κ2) is 15.0. The Hall–Kier alpha value is 0.520. The molecule has 0 spiro atoms. The summed E-state index contributed by atoms with van der Waals surface area (Å²) in [6.45, 7) is 2.05. The minimum absolute atomic E-state index is 0.639. The van der Waals surface area contributed by atoms with Gasteiger partial charge in [0.1, 0.15) is 0 Å². The summed E-state index contributed by atoms with van der Waals surface area (Å²) in [5.41, 5.74) is 0. The first-order chi connectivity index (χ1) is 6.35. The highest BCUT2D eigenvalue weighted by Gasteiger charge is 2.11. The number of rotatable bonds is 2. The van der Waals surface area contributed by atoms with E-state index in [-0.39, 0.29) is 0 Å². The van der Waals surface area contributed by atoms with Crippen LogP contribution in [0.15, 0.2) is 0 Å². The predicted molar refractivity (Wildman–Crippen MR) is 60.4 cm³/mol. The summed E-state index contributed by atoms with van der Waals surface area (Å²) in [6, 6.07) is 0.639. The molecule has 3 nitrogen and oxygen atoms in total. The summed E-state index contributed by atoms with van der Waals surface area (Å²) in [7, 11) is 8.89. The van der Waals surface area contributed by atoms with Crippen LogP contribution < -0.4 is 5.32 Å². The van der Waals surface area contributed by atoms with Crippen LogP contribution in [0.4, 0.5) is 0 Å². The van der Waals surface area contributed by atoms with Crippen molar-refractivity contribution in [1.29, 1.82) is 0 Å². The second-order valence-electron chi connectivity index (χ2n) is 2.40. The van der Waals surface area contributed by atoms with Gasteiger partial charge in [-0.25, -0.2) is 0 Å². The van der Waals surface area contributed by atoms with Crippen molar-refractivity contribution < 1.29 is 9.84 Å². The summed E-state index contributed by atoms with van der Waals surface area (Å²) < 4.78 is 4.96. The molecule has 1 atom stereocenters. The average molecular weight is 230 g/mol.